The van der Waals surface area contributed by atoms with Gasteiger partial charge in [0.05, 0.1) is 40.5 Å². The van der Waals surface area contributed by atoms with Gasteiger partial charge in [-0.15, -0.1) is 0 Å². The second-order valence-electron chi connectivity index (χ2n) is 9.64. The summed E-state index contributed by atoms with van der Waals surface area (Å²) in [6.45, 7) is 4.76. The molecule has 0 spiro atoms. The molecule has 7 nitrogen and oxygen atoms in total. The Morgan fingerprint density at radius 1 is 1.24 bits per heavy atom. The first-order valence-corrected chi connectivity index (χ1v) is 12.2. The number of fused-ring (bicyclic) bond motifs is 3. The lowest BCUT2D eigenvalue weighted by atomic mass is 9.96. The quantitative estimate of drug-likeness (QED) is 0.632. The Morgan fingerprint density at radius 3 is 2.82 bits per heavy atom. The Labute approximate surface area is 194 Å². The van der Waals surface area contributed by atoms with Crippen LogP contribution in [0.1, 0.15) is 69.2 Å². The van der Waals surface area contributed by atoms with Crippen LogP contribution in [0.5, 0.6) is 0 Å². The van der Waals surface area contributed by atoms with Crippen molar-refractivity contribution < 1.29 is 9.53 Å². The van der Waals surface area contributed by atoms with Crippen molar-refractivity contribution >= 4 is 27.8 Å². The molecule has 6 rings (SSSR count). The number of carbonyl (C=O) groups is 1. The topological polar surface area (TPSA) is 94.9 Å². The third-order valence-corrected chi connectivity index (χ3v) is 6.93. The summed E-state index contributed by atoms with van der Waals surface area (Å²) >= 11 is 0. The van der Waals surface area contributed by atoms with E-state index in [9.17, 15) is 10.1 Å². The first kappa shape index (κ1) is 21.8. The highest BCUT2D eigenvalue weighted by molar-refractivity contribution is 6.02. The molecule has 1 aromatic carbocycles. The predicted octanol–water partition coefficient (Wildman–Crippen LogP) is 4.67. The number of likely N-dealkylation sites (tertiary alicyclic amines) is 1. The van der Waals surface area contributed by atoms with Gasteiger partial charge in [0.15, 0.2) is 0 Å². The number of hydrogen-bond acceptors (Lipinski definition) is 5. The zero-order valence-corrected chi connectivity index (χ0v) is 19.2. The van der Waals surface area contributed by atoms with E-state index >= 15 is 0 Å². The summed E-state index contributed by atoms with van der Waals surface area (Å²) in [7, 11) is 0. The van der Waals surface area contributed by atoms with Crippen LogP contribution in [0.3, 0.4) is 0 Å². The molecule has 7 heteroatoms. The molecule has 2 aromatic heterocycles. The molecule has 3 aromatic rings. The zero-order chi connectivity index (χ0) is 22.8. The summed E-state index contributed by atoms with van der Waals surface area (Å²) in [6.07, 6.45) is 10.1. The van der Waals surface area contributed by atoms with Gasteiger partial charge in [-0.25, -0.2) is 4.98 Å². The highest BCUT2D eigenvalue weighted by Gasteiger charge is 2.33. The summed E-state index contributed by atoms with van der Waals surface area (Å²) in [5.41, 5.74) is 3.18. The Hall–Kier alpha value is -2.98. The van der Waals surface area contributed by atoms with Gasteiger partial charge in [-0.2, -0.15) is 5.26 Å². The van der Waals surface area contributed by atoms with Crippen LogP contribution in [0.2, 0.25) is 0 Å². The number of aromatic amines is 1. The van der Waals surface area contributed by atoms with Gasteiger partial charge in [-0.3, -0.25) is 9.78 Å². The fraction of sp³-hybridized carbons (Fsp3) is 0.538. The van der Waals surface area contributed by atoms with E-state index in [0.29, 0.717) is 24.0 Å². The average Bonchev–Trinajstić information content (AvgIpc) is 3.55. The number of amides is 1. The van der Waals surface area contributed by atoms with Crippen molar-refractivity contribution in [2.45, 2.75) is 63.9 Å². The van der Waals surface area contributed by atoms with E-state index in [1.807, 2.05) is 17.0 Å². The van der Waals surface area contributed by atoms with Gasteiger partial charge in [-0.1, -0.05) is 0 Å². The van der Waals surface area contributed by atoms with Gasteiger partial charge >= 0.3 is 0 Å². The van der Waals surface area contributed by atoms with E-state index in [-0.39, 0.29) is 11.8 Å². The predicted molar refractivity (Wildman–Crippen MR) is 127 cm³/mol. The molecule has 2 aliphatic heterocycles. The number of carbonyl (C=O) groups excluding carboxylic acids is 1. The standard InChI is InChI=1S/C20H19N5O.C6H12O/c21-8-13-3-5-16-15(7-13)19-17(9-22-16)23-20(24-19)14-4-6-18(26)25(11-14)10-12-1-2-12;1-6-4-2-3-5-7-6/h3,5,7,9,12,14H,1-2,4,6,10-11H2,(H,23,24);6H,2-5H2,1H3/t;6-/m.1/s1. The van der Waals surface area contributed by atoms with Crippen molar-refractivity contribution in [3.63, 3.8) is 0 Å². The zero-order valence-electron chi connectivity index (χ0n) is 19.2. The minimum atomic E-state index is 0.230. The van der Waals surface area contributed by atoms with E-state index in [2.05, 4.69) is 23.0 Å². The van der Waals surface area contributed by atoms with Crippen LogP contribution in [0, 0.1) is 17.2 Å². The first-order valence-electron chi connectivity index (χ1n) is 12.2. The molecule has 2 atom stereocenters. The van der Waals surface area contributed by atoms with Gasteiger partial charge < -0.3 is 14.6 Å². The maximum Gasteiger partial charge on any atom is 0.222 e. The maximum atomic E-state index is 12.2. The second-order valence-corrected chi connectivity index (χ2v) is 9.64. The van der Waals surface area contributed by atoms with E-state index in [1.165, 1.54) is 32.1 Å². The Bertz CT molecular complexity index is 1190. The molecule has 33 heavy (non-hydrogen) atoms. The molecule has 4 heterocycles. The molecule has 1 N–H and O–H groups in total. The Morgan fingerprint density at radius 2 is 2.12 bits per heavy atom. The Kier molecular flexibility index (Phi) is 6.28. The highest BCUT2D eigenvalue weighted by Crippen LogP contribution is 2.34. The van der Waals surface area contributed by atoms with Crippen LogP contribution in [0.25, 0.3) is 21.9 Å². The molecule has 1 amide bonds. The number of hydrogen-bond donors (Lipinski definition) is 1. The second kappa shape index (κ2) is 9.48. The van der Waals surface area contributed by atoms with Crippen LogP contribution < -0.4 is 0 Å². The average molecular weight is 446 g/mol. The number of benzene rings is 1. The van der Waals surface area contributed by atoms with E-state index in [4.69, 9.17) is 9.72 Å². The normalized spacial score (nSPS) is 23.3. The van der Waals surface area contributed by atoms with Gasteiger partial charge in [0, 0.05) is 37.4 Å². The fourth-order valence-corrected chi connectivity index (χ4v) is 4.77. The Balaban J connectivity index is 0.000000281. The first-order chi connectivity index (χ1) is 16.1. The van der Waals surface area contributed by atoms with Crippen molar-refractivity contribution in [1.29, 1.82) is 5.26 Å². The van der Waals surface area contributed by atoms with E-state index < -0.39 is 0 Å². The number of pyridine rings is 1. The number of nitriles is 1. The summed E-state index contributed by atoms with van der Waals surface area (Å²) in [4.78, 5) is 27.0. The van der Waals surface area contributed by atoms with Crippen molar-refractivity contribution in [2.24, 2.45) is 5.92 Å². The molecule has 1 unspecified atom stereocenters. The third-order valence-electron chi connectivity index (χ3n) is 6.93. The SMILES string of the molecule is C[C@@H]1CCCCO1.N#Cc1ccc2ncc3[nH]c(C4CCC(=O)N(CC5CC5)C4)nc3c2c1. The van der Waals surface area contributed by atoms with Crippen molar-refractivity contribution in [3.8, 4) is 6.07 Å². The van der Waals surface area contributed by atoms with Crippen LogP contribution in [-0.4, -0.2) is 51.6 Å². The molecule has 0 bridgehead atoms. The molecule has 1 saturated carbocycles. The molecule has 2 saturated heterocycles. The summed E-state index contributed by atoms with van der Waals surface area (Å²) < 4.78 is 5.28. The molecule has 3 aliphatic rings. The van der Waals surface area contributed by atoms with Crippen LogP contribution in [0.15, 0.2) is 24.4 Å². The number of nitrogens with one attached hydrogen (secondary N) is 1. The van der Waals surface area contributed by atoms with E-state index in [1.54, 1.807) is 12.3 Å². The van der Waals surface area contributed by atoms with Gasteiger partial charge in [0.1, 0.15) is 5.82 Å². The van der Waals surface area contributed by atoms with Gasteiger partial charge in [0.25, 0.3) is 0 Å². The monoisotopic (exact) mass is 445 g/mol. The number of piperidine rings is 1. The lowest BCUT2D eigenvalue weighted by molar-refractivity contribution is -0.134. The molecule has 1 aliphatic carbocycles. The van der Waals surface area contributed by atoms with Crippen molar-refractivity contribution in [2.75, 3.05) is 19.7 Å². The summed E-state index contributed by atoms with van der Waals surface area (Å²) in [5.74, 6) is 2.12. The molecule has 0 radical (unpaired) electrons. The van der Waals surface area contributed by atoms with E-state index in [0.717, 1.165) is 53.9 Å². The number of rotatable bonds is 3. The van der Waals surface area contributed by atoms with Crippen LogP contribution >= 0.6 is 0 Å². The van der Waals surface area contributed by atoms with Gasteiger partial charge in [-0.05, 0) is 69.6 Å². The molecule has 172 valence electrons. The fourth-order valence-electron chi connectivity index (χ4n) is 4.77. The highest BCUT2D eigenvalue weighted by atomic mass is 16.5. The van der Waals surface area contributed by atoms with Crippen molar-refractivity contribution in [3.05, 3.63) is 35.8 Å². The third kappa shape index (κ3) is 5.01. The molecular weight excluding hydrogens is 414 g/mol. The van der Waals surface area contributed by atoms with Crippen LogP contribution in [-0.2, 0) is 9.53 Å². The summed E-state index contributed by atoms with van der Waals surface area (Å²) in [5, 5.41) is 10.1. The maximum absolute atomic E-state index is 12.2. The number of nitrogens with zero attached hydrogens (tertiary/aromatic N) is 4. The minimum absolute atomic E-state index is 0.230. The number of aromatic nitrogens is 3. The summed E-state index contributed by atoms with van der Waals surface area (Å²) in [6, 6.07) is 7.66. The lowest BCUT2D eigenvalue weighted by Crippen LogP contribution is -2.40. The number of imidazole rings is 1. The molecule has 3 fully saturated rings. The smallest absolute Gasteiger partial charge is 0.222 e. The van der Waals surface area contributed by atoms with Gasteiger partial charge in [0.2, 0.25) is 5.91 Å². The minimum Gasteiger partial charge on any atom is -0.379 e. The number of H-pyrrole nitrogens is 1. The number of ether oxygens (including phenoxy) is 1. The lowest BCUT2D eigenvalue weighted by Gasteiger charge is -2.31. The van der Waals surface area contributed by atoms with Crippen LogP contribution in [0.4, 0.5) is 0 Å². The van der Waals surface area contributed by atoms with Crippen molar-refractivity contribution in [1.82, 2.24) is 19.9 Å². The molecular formula is C26H31N5O2. The largest absolute Gasteiger partial charge is 0.379 e.